The first-order valence-corrected chi connectivity index (χ1v) is 12.3. The van der Waals surface area contributed by atoms with Crippen LogP contribution in [0, 0.1) is 6.92 Å². The second-order valence-corrected chi connectivity index (χ2v) is 9.40. The average molecular weight is 463 g/mol. The molecule has 4 rings (SSSR count). The van der Waals surface area contributed by atoms with E-state index in [0.29, 0.717) is 23.4 Å². The number of ether oxygens (including phenoxy) is 1. The highest BCUT2D eigenvalue weighted by molar-refractivity contribution is 7.20. The summed E-state index contributed by atoms with van der Waals surface area (Å²) >= 11 is 1.49. The largest absolute Gasteiger partial charge is 0.497 e. The van der Waals surface area contributed by atoms with Crippen LogP contribution in [-0.4, -0.2) is 36.9 Å². The summed E-state index contributed by atoms with van der Waals surface area (Å²) in [5.74, 6) is 0.738. The number of rotatable bonds is 7. The Morgan fingerprint density at radius 2 is 1.70 bits per heavy atom. The number of carbonyl (C=O) groups is 2. The standard InChI is InChI=1S/C27H30N2O3S/c1-19-24(27(31)29-17-7-4-8-18-29)26(33-25(19)21-9-5-3-6-10-21)28-23(30)16-13-20-11-14-22(32-2)15-12-20/h3,5-6,9-12,14-15H,4,7-8,13,16-18H2,1-2H3,(H,28,30). The van der Waals surface area contributed by atoms with E-state index in [1.807, 2.05) is 66.4 Å². The Hall–Kier alpha value is -3.12. The molecule has 1 aliphatic rings. The molecule has 0 bridgehead atoms. The van der Waals surface area contributed by atoms with Crippen LogP contribution >= 0.6 is 11.3 Å². The van der Waals surface area contributed by atoms with Crippen LogP contribution in [0.5, 0.6) is 5.75 Å². The first-order valence-electron chi connectivity index (χ1n) is 11.5. The number of methoxy groups -OCH3 is 1. The molecule has 0 spiro atoms. The van der Waals surface area contributed by atoms with Gasteiger partial charge in [-0.1, -0.05) is 42.5 Å². The van der Waals surface area contributed by atoms with Gasteiger partial charge < -0.3 is 15.0 Å². The predicted molar refractivity (Wildman–Crippen MR) is 134 cm³/mol. The minimum absolute atomic E-state index is 0.0242. The maximum Gasteiger partial charge on any atom is 0.257 e. The number of aryl methyl sites for hydroxylation is 1. The monoisotopic (exact) mass is 462 g/mol. The van der Waals surface area contributed by atoms with E-state index < -0.39 is 0 Å². The van der Waals surface area contributed by atoms with Gasteiger partial charge in [0, 0.05) is 24.4 Å². The van der Waals surface area contributed by atoms with E-state index in [2.05, 4.69) is 5.32 Å². The number of benzene rings is 2. The fraction of sp³-hybridized carbons (Fsp3) is 0.333. The zero-order valence-electron chi connectivity index (χ0n) is 19.2. The van der Waals surface area contributed by atoms with Crippen LogP contribution in [0.3, 0.4) is 0 Å². The van der Waals surface area contributed by atoms with Gasteiger partial charge in [-0.15, -0.1) is 11.3 Å². The first kappa shape index (κ1) is 23.1. The lowest BCUT2D eigenvalue weighted by Crippen LogP contribution is -2.36. The van der Waals surface area contributed by atoms with Gasteiger partial charge in [-0.3, -0.25) is 9.59 Å². The third-order valence-corrected chi connectivity index (χ3v) is 7.35. The van der Waals surface area contributed by atoms with Crippen molar-refractivity contribution in [3.63, 3.8) is 0 Å². The summed E-state index contributed by atoms with van der Waals surface area (Å²) in [5, 5.41) is 3.72. The van der Waals surface area contributed by atoms with Crippen molar-refractivity contribution < 1.29 is 14.3 Å². The second-order valence-electron chi connectivity index (χ2n) is 8.38. The van der Waals surface area contributed by atoms with Gasteiger partial charge in [0.2, 0.25) is 5.91 Å². The molecular formula is C27H30N2O3S. The zero-order valence-corrected chi connectivity index (χ0v) is 20.0. The molecule has 5 nitrogen and oxygen atoms in total. The molecule has 0 saturated carbocycles. The fourth-order valence-corrected chi connectivity index (χ4v) is 5.44. The van der Waals surface area contributed by atoms with E-state index in [1.165, 1.54) is 11.3 Å². The Kier molecular flexibility index (Phi) is 7.45. The molecule has 6 heteroatoms. The topological polar surface area (TPSA) is 58.6 Å². The maximum atomic E-state index is 13.5. The van der Waals surface area contributed by atoms with Crippen molar-refractivity contribution in [3.05, 3.63) is 71.3 Å². The van der Waals surface area contributed by atoms with E-state index in [4.69, 9.17) is 4.74 Å². The molecule has 2 amide bonds. The van der Waals surface area contributed by atoms with Crippen LogP contribution in [0.15, 0.2) is 54.6 Å². The number of nitrogens with one attached hydrogen (secondary N) is 1. The molecule has 1 N–H and O–H groups in total. The Bertz CT molecular complexity index is 1100. The third kappa shape index (κ3) is 5.45. The van der Waals surface area contributed by atoms with Crippen molar-refractivity contribution in [2.24, 2.45) is 0 Å². The Morgan fingerprint density at radius 1 is 1.00 bits per heavy atom. The van der Waals surface area contributed by atoms with Crippen LogP contribution in [0.1, 0.15) is 47.2 Å². The number of carbonyl (C=O) groups excluding carboxylic acids is 2. The molecule has 1 saturated heterocycles. The number of anilines is 1. The minimum Gasteiger partial charge on any atom is -0.497 e. The molecule has 1 fully saturated rings. The molecule has 0 aliphatic carbocycles. The van der Waals surface area contributed by atoms with Gasteiger partial charge in [0.1, 0.15) is 10.8 Å². The summed E-state index contributed by atoms with van der Waals surface area (Å²) < 4.78 is 5.20. The number of thiophene rings is 1. The number of hydrogen-bond donors (Lipinski definition) is 1. The summed E-state index contributed by atoms with van der Waals surface area (Å²) in [6, 6.07) is 17.8. The van der Waals surface area contributed by atoms with Gasteiger partial charge in [0.15, 0.2) is 0 Å². The van der Waals surface area contributed by atoms with Crippen LogP contribution in [0.4, 0.5) is 5.00 Å². The second kappa shape index (κ2) is 10.7. The first-order chi connectivity index (χ1) is 16.1. The molecule has 0 radical (unpaired) electrons. The summed E-state index contributed by atoms with van der Waals surface area (Å²) in [5.41, 5.74) is 3.71. The molecule has 3 aromatic rings. The van der Waals surface area contributed by atoms with Gasteiger partial charge in [-0.2, -0.15) is 0 Å². The van der Waals surface area contributed by atoms with Crippen molar-refractivity contribution >= 4 is 28.2 Å². The SMILES string of the molecule is COc1ccc(CCC(=O)Nc2sc(-c3ccccc3)c(C)c2C(=O)N2CCCCC2)cc1. The van der Waals surface area contributed by atoms with Gasteiger partial charge in [0.25, 0.3) is 5.91 Å². The lowest BCUT2D eigenvalue weighted by atomic mass is 10.0. The average Bonchev–Trinajstić information content (AvgIpc) is 3.19. The van der Waals surface area contributed by atoms with E-state index in [-0.39, 0.29) is 11.8 Å². The summed E-state index contributed by atoms with van der Waals surface area (Å²) in [6.07, 6.45) is 4.20. The molecule has 1 aliphatic heterocycles. The molecule has 172 valence electrons. The summed E-state index contributed by atoms with van der Waals surface area (Å²) in [6.45, 7) is 3.54. The molecule has 2 aromatic carbocycles. The number of hydrogen-bond acceptors (Lipinski definition) is 4. The highest BCUT2D eigenvalue weighted by Crippen LogP contribution is 2.40. The summed E-state index contributed by atoms with van der Waals surface area (Å²) in [7, 11) is 1.64. The van der Waals surface area contributed by atoms with Crippen molar-refractivity contribution in [2.45, 2.75) is 39.0 Å². The molecule has 33 heavy (non-hydrogen) atoms. The highest BCUT2D eigenvalue weighted by Gasteiger charge is 2.27. The van der Waals surface area contributed by atoms with Crippen LogP contribution in [0.2, 0.25) is 0 Å². The molecule has 0 unspecified atom stereocenters. The minimum atomic E-state index is -0.0839. The van der Waals surface area contributed by atoms with Crippen LogP contribution in [-0.2, 0) is 11.2 Å². The highest BCUT2D eigenvalue weighted by atomic mass is 32.1. The molecule has 0 atom stereocenters. The zero-order chi connectivity index (χ0) is 23.2. The number of nitrogens with zero attached hydrogens (tertiary/aromatic N) is 1. The van der Waals surface area contributed by atoms with Gasteiger partial charge >= 0.3 is 0 Å². The van der Waals surface area contributed by atoms with Crippen molar-refractivity contribution in [2.75, 3.05) is 25.5 Å². The van der Waals surface area contributed by atoms with E-state index in [9.17, 15) is 9.59 Å². The summed E-state index contributed by atoms with van der Waals surface area (Å²) in [4.78, 5) is 29.3. The lowest BCUT2D eigenvalue weighted by molar-refractivity contribution is -0.116. The Balaban J connectivity index is 1.55. The van der Waals surface area contributed by atoms with Crippen LogP contribution in [0.25, 0.3) is 10.4 Å². The van der Waals surface area contributed by atoms with E-state index >= 15 is 0 Å². The number of likely N-dealkylation sites (tertiary alicyclic amines) is 1. The van der Waals surface area contributed by atoms with Crippen molar-refractivity contribution in [3.8, 4) is 16.2 Å². The van der Waals surface area contributed by atoms with Gasteiger partial charge in [-0.05, 0) is 61.4 Å². The third-order valence-electron chi connectivity index (χ3n) is 6.09. The Labute approximate surface area is 199 Å². The quantitative estimate of drug-likeness (QED) is 0.473. The smallest absolute Gasteiger partial charge is 0.257 e. The Morgan fingerprint density at radius 3 is 2.36 bits per heavy atom. The molecule has 2 heterocycles. The molecular weight excluding hydrogens is 432 g/mol. The van der Waals surface area contributed by atoms with Gasteiger partial charge in [0.05, 0.1) is 12.7 Å². The normalized spacial score (nSPS) is 13.6. The maximum absolute atomic E-state index is 13.5. The fourth-order valence-electron chi connectivity index (χ4n) is 4.22. The predicted octanol–water partition coefficient (Wildman–Crippen LogP) is 5.93. The van der Waals surface area contributed by atoms with Crippen LogP contribution < -0.4 is 10.1 Å². The number of amides is 2. The van der Waals surface area contributed by atoms with Crippen molar-refractivity contribution in [1.29, 1.82) is 0 Å². The lowest BCUT2D eigenvalue weighted by Gasteiger charge is -2.27. The number of piperidine rings is 1. The van der Waals surface area contributed by atoms with E-state index in [1.54, 1.807) is 7.11 Å². The molecule has 1 aromatic heterocycles. The van der Waals surface area contributed by atoms with Crippen molar-refractivity contribution in [1.82, 2.24) is 4.90 Å². The van der Waals surface area contributed by atoms with E-state index in [0.717, 1.165) is 59.7 Å². The van der Waals surface area contributed by atoms with Gasteiger partial charge in [-0.25, -0.2) is 0 Å².